The lowest BCUT2D eigenvalue weighted by Gasteiger charge is -2.34. The Morgan fingerprint density at radius 1 is 1.35 bits per heavy atom. The lowest BCUT2D eigenvalue weighted by atomic mass is 9.81. The average Bonchev–Trinajstić information content (AvgIpc) is 3.04. The summed E-state index contributed by atoms with van der Waals surface area (Å²) in [5, 5.41) is 8.81. The molecule has 0 spiro atoms. The zero-order chi connectivity index (χ0) is 16.3. The maximum Gasteiger partial charge on any atom is 0.270 e. The van der Waals surface area contributed by atoms with Crippen molar-refractivity contribution in [2.24, 2.45) is 5.41 Å². The van der Waals surface area contributed by atoms with Crippen LogP contribution in [0.3, 0.4) is 0 Å². The molecule has 0 atom stereocenters. The van der Waals surface area contributed by atoms with Gasteiger partial charge in [-0.2, -0.15) is 0 Å². The fraction of sp³-hybridized carbons (Fsp3) is 0.412. The van der Waals surface area contributed by atoms with Gasteiger partial charge in [-0.15, -0.1) is 11.3 Å². The molecule has 2 N–H and O–H groups in total. The van der Waals surface area contributed by atoms with Crippen LogP contribution in [0, 0.1) is 11.2 Å². The van der Waals surface area contributed by atoms with E-state index in [0.29, 0.717) is 12.2 Å². The number of piperidine rings is 1. The normalized spacial score (nSPS) is 17.0. The summed E-state index contributed by atoms with van der Waals surface area (Å²) in [4.78, 5) is 16.7. The monoisotopic (exact) mass is 333 g/mol. The summed E-state index contributed by atoms with van der Waals surface area (Å²) in [5.74, 6) is -0.423. The first kappa shape index (κ1) is 16.1. The van der Waals surface area contributed by atoms with Crippen molar-refractivity contribution in [3.63, 3.8) is 0 Å². The highest BCUT2D eigenvalue weighted by atomic mass is 32.1. The molecule has 23 heavy (non-hydrogen) atoms. The van der Waals surface area contributed by atoms with Crippen molar-refractivity contribution in [2.75, 3.05) is 19.6 Å². The van der Waals surface area contributed by atoms with Crippen LogP contribution in [-0.4, -0.2) is 30.5 Å². The van der Waals surface area contributed by atoms with E-state index in [2.05, 4.69) is 22.5 Å². The molecule has 0 radical (unpaired) electrons. The van der Waals surface area contributed by atoms with E-state index in [1.165, 1.54) is 23.5 Å². The fourth-order valence-electron chi connectivity index (χ4n) is 2.69. The van der Waals surface area contributed by atoms with E-state index in [9.17, 15) is 9.18 Å². The average molecular weight is 333 g/mol. The van der Waals surface area contributed by atoms with Crippen LogP contribution in [0.1, 0.15) is 30.3 Å². The predicted octanol–water partition coefficient (Wildman–Crippen LogP) is 3.07. The topological polar surface area (TPSA) is 54.0 Å². The summed E-state index contributed by atoms with van der Waals surface area (Å²) in [7, 11) is 0. The molecule has 0 saturated carbocycles. The van der Waals surface area contributed by atoms with E-state index in [0.717, 1.165) is 36.5 Å². The number of amides is 1. The molecule has 0 bridgehead atoms. The van der Waals surface area contributed by atoms with Gasteiger partial charge in [0.25, 0.3) is 5.91 Å². The molecule has 2 heterocycles. The van der Waals surface area contributed by atoms with Crippen LogP contribution in [0.4, 0.5) is 4.39 Å². The second kappa shape index (κ2) is 6.76. The Hall–Kier alpha value is -1.79. The summed E-state index contributed by atoms with van der Waals surface area (Å²) in [5.41, 5.74) is 1.39. The molecular formula is C17H20FN3OS. The minimum Gasteiger partial charge on any atom is -0.350 e. The SMILES string of the molecule is CC1(CNC(=O)c2csc(-c3ccc(F)cc3)n2)CCNCC1. The Morgan fingerprint density at radius 2 is 2.04 bits per heavy atom. The van der Waals surface area contributed by atoms with Crippen molar-refractivity contribution in [3.8, 4) is 10.6 Å². The van der Waals surface area contributed by atoms with Gasteiger partial charge in [0.1, 0.15) is 16.5 Å². The van der Waals surface area contributed by atoms with Gasteiger partial charge in [-0.05, 0) is 55.6 Å². The predicted molar refractivity (Wildman–Crippen MR) is 90.1 cm³/mol. The highest BCUT2D eigenvalue weighted by molar-refractivity contribution is 7.13. The molecule has 1 aromatic carbocycles. The number of halogens is 1. The Kier molecular flexibility index (Phi) is 4.73. The van der Waals surface area contributed by atoms with Crippen molar-refractivity contribution in [1.82, 2.24) is 15.6 Å². The van der Waals surface area contributed by atoms with Gasteiger partial charge < -0.3 is 10.6 Å². The second-order valence-corrected chi connectivity index (χ2v) is 7.15. The third kappa shape index (κ3) is 3.95. The Balaban J connectivity index is 1.63. The highest BCUT2D eigenvalue weighted by Crippen LogP contribution is 2.27. The zero-order valence-corrected chi connectivity index (χ0v) is 13.9. The Morgan fingerprint density at radius 3 is 2.74 bits per heavy atom. The van der Waals surface area contributed by atoms with Gasteiger partial charge in [0.15, 0.2) is 0 Å². The number of aromatic nitrogens is 1. The lowest BCUT2D eigenvalue weighted by molar-refractivity contribution is 0.0918. The highest BCUT2D eigenvalue weighted by Gasteiger charge is 2.27. The van der Waals surface area contributed by atoms with Crippen LogP contribution >= 0.6 is 11.3 Å². The molecule has 1 aliphatic heterocycles. The standard InChI is InChI=1S/C17H20FN3OS/c1-17(6-8-19-9-7-17)11-20-15(22)14-10-23-16(21-14)12-2-4-13(18)5-3-12/h2-5,10,19H,6-9,11H2,1H3,(H,20,22). The summed E-state index contributed by atoms with van der Waals surface area (Å²) in [6.07, 6.45) is 2.12. The van der Waals surface area contributed by atoms with Crippen LogP contribution in [0.25, 0.3) is 10.6 Å². The largest absolute Gasteiger partial charge is 0.350 e. The molecule has 1 amide bonds. The summed E-state index contributed by atoms with van der Waals surface area (Å²) in [6.45, 7) is 4.87. The van der Waals surface area contributed by atoms with Crippen LogP contribution in [0.2, 0.25) is 0 Å². The minimum absolute atomic E-state index is 0.144. The number of nitrogens with zero attached hydrogens (tertiary/aromatic N) is 1. The summed E-state index contributed by atoms with van der Waals surface area (Å²) >= 11 is 1.39. The Bertz CT molecular complexity index is 677. The van der Waals surface area contributed by atoms with E-state index in [-0.39, 0.29) is 17.1 Å². The van der Waals surface area contributed by atoms with Gasteiger partial charge in [0.2, 0.25) is 0 Å². The molecule has 0 unspecified atom stereocenters. The van der Waals surface area contributed by atoms with Gasteiger partial charge >= 0.3 is 0 Å². The van der Waals surface area contributed by atoms with Crippen molar-refractivity contribution >= 4 is 17.2 Å². The number of carbonyl (C=O) groups is 1. The van der Waals surface area contributed by atoms with Gasteiger partial charge in [-0.3, -0.25) is 4.79 Å². The molecule has 6 heteroatoms. The first-order valence-corrected chi connectivity index (χ1v) is 8.64. The number of carbonyl (C=O) groups excluding carboxylic acids is 1. The van der Waals surface area contributed by atoms with Crippen molar-refractivity contribution < 1.29 is 9.18 Å². The van der Waals surface area contributed by atoms with Crippen molar-refractivity contribution in [1.29, 1.82) is 0 Å². The lowest BCUT2D eigenvalue weighted by Crippen LogP contribution is -2.42. The molecule has 0 aliphatic carbocycles. The van der Waals surface area contributed by atoms with E-state index >= 15 is 0 Å². The molecule has 1 saturated heterocycles. The molecule has 1 fully saturated rings. The first-order valence-electron chi connectivity index (χ1n) is 7.76. The third-order valence-corrected chi connectivity index (χ3v) is 5.21. The van der Waals surface area contributed by atoms with Crippen LogP contribution < -0.4 is 10.6 Å². The smallest absolute Gasteiger partial charge is 0.270 e. The number of benzene rings is 1. The summed E-state index contributed by atoms with van der Waals surface area (Å²) in [6, 6.07) is 6.14. The van der Waals surface area contributed by atoms with Crippen molar-refractivity contribution in [3.05, 3.63) is 41.2 Å². The van der Waals surface area contributed by atoms with Gasteiger partial charge in [-0.1, -0.05) is 6.92 Å². The van der Waals surface area contributed by atoms with E-state index in [1.54, 1.807) is 17.5 Å². The molecule has 3 rings (SSSR count). The van der Waals surface area contributed by atoms with Crippen LogP contribution in [0.5, 0.6) is 0 Å². The molecule has 1 aliphatic rings. The van der Waals surface area contributed by atoms with Gasteiger partial charge in [-0.25, -0.2) is 9.37 Å². The number of hydrogen-bond donors (Lipinski definition) is 2. The molecular weight excluding hydrogens is 313 g/mol. The molecule has 4 nitrogen and oxygen atoms in total. The minimum atomic E-state index is -0.279. The van der Waals surface area contributed by atoms with Crippen molar-refractivity contribution in [2.45, 2.75) is 19.8 Å². The van der Waals surface area contributed by atoms with E-state index in [1.807, 2.05) is 0 Å². The number of rotatable bonds is 4. The summed E-state index contributed by atoms with van der Waals surface area (Å²) < 4.78 is 13.0. The zero-order valence-electron chi connectivity index (χ0n) is 13.1. The van der Waals surface area contributed by atoms with Gasteiger partial charge in [0.05, 0.1) is 0 Å². The van der Waals surface area contributed by atoms with Crippen LogP contribution in [0.15, 0.2) is 29.6 Å². The van der Waals surface area contributed by atoms with Crippen LogP contribution in [-0.2, 0) is 0 Å². The van der Waals surface area contributed by atoms with Gasteiger partial charge in [0, 0.05) is 17.5 Å². The molecule has 122 valence electrons. The number of nitrogens with one attached hydrogen (secondary N) is 2. The van der Waals surface area contributed by atoms with E-state index < -0.39 is 0 Å². The number of hydrogen-bond acceptors (Lipinski definition) is 4. The third-order valence-electron chi connectivity index (χ3n) is 4.31. The first-order chi connectivity index (χ1) is 11.1. The number of thiazole rings is 1. The second-order valence-electron chi connectivity index (χ2n) is 6.29. The quantitative estimate of drug-likeness (QED) is 0.904. The maximum atomic E-state index is 13.0. The molecule has 1 aromatic heterocycles. The Labute approximate surface area is 139 Å². The van der Waals surface area contributed by atoms with E-state index in [4.69, 9.17) is 0 Å². The fourth-order valence-corrected chi connectivity index (χ4v) is 3.50. The molecule has 2 aromatic rings. The maximum absolute atomic E-state index is 13.0.